The van der Waals surface area contributed by atoms with Crippen LogP contribution >= 0.6 is 11.8 Å². The van der Waals surface area contributed by atoms with Crippen molar-refractivity contribution < 1.29 is 9.53 Å². The smallest absolute Gasteiger partial charge is 0.309 e. The van der Waals surface area contributed by atoms with E-state index in [1.165, 1.54) is 20.0 Å². The molecule has 0 aromatic rings. The van der Waals surface area contributed by atoms with Crippen molar-refractivity contribution in [2.45, 2.75) is 24.5 Å². The molecule has 0 spiro atoms. The quantitative estimate of drug-likeness (QED) is 0.680. The minimum atomic E-state index is -0.133. The fraction of sp³-hybridized carbons (Fsp3) is 0.900. The van der Waals surface area contributed by atoms with E-state index in [9.17, 15) is 4.79 Å². The molecule has 82 valence electrons. The normalized spacial score (nSPS) is 20.2. The lowest BCUT2D eigenvalue weighted by atomic mass is 10.2. The van der Waals surface area contributed by atoms with Crippen LogP contribution in [0.5, 0.6) is 0 Å². The molecule has 0 amide bonds. The predicted molar refractivity (Wildman–Crippen MR) is 59.5 cm³/mol. The summed E-state index contributed by atoms with van der Waals surface area (Å²) in [5.41, 5.74) is 0. The number of nitrogens with one attached hydrogen (secondary N) is 1. The summed E-state index contributed by atoms with van der Waals surface area (Å²) in [5, 5.41) is 3.33. The van der Waals surface area contributed by atoms with Gasteiger partial charge in [-0.05, 0) is 19.1 Å². The number of hydrogen-bond acceptors (Lipinski definition) is 4. The largest absolute Gasteiger partial charge is 0.469 e. The number of ether oxygens (including phenoxy) is 1. The summed E-state index contributed by atoms with van der Waals surface area (Å²) < 4.78 is 5.12. The van der Waals surface area contributed by atoms with Gasteiger partial charge in [-0.1, -0.05) is 6.92 Å². The molecule has 0 aromatic carbocycles. The standard InChI is InChI=1S/C10H19NO2S/c1-8(9(12)13-2)6-11-7-10(14-3)4-5-10/h8,11H,4-7H2,1-3H3. The molecule has 0 saturated heterocycles. The molecule has 0 aliphatic heterocycles. The van der Waals surface area contributed by atoms with Gasteiger partial charge < -0.3 is 10.1 Å². The van der Waals surface area contributed by atoms with E-state index in [1.54, 1.807) is 0 Å². The van der Waals surface area contributed by atoms with Crippen LogP contribution in [-0.4, -0.2) is 37.2 Å². The van der Waals surface area contributed by atoms with Gasteiger partial charge in [0.25, 0.3) is 0 Å². The second-order valence-corrected chi connectivity index (χ2v) is 5.22. The van der Waals surface area contributed by atoms with Gasteiger partial charge in [0.2, 0.25) is 0 Å². The predicted octanol–water partition coefficient (Wildman–Crippen LogP) is 1.28. The molecular weight excluding hydrogens is 198 g/mol. The minimum Gasteiger partial charge on any atom is -0.469 e. The van der Waals surface area contributed by atoms with Gasteiger partial charge >= 0.3 is 5.97 Å². The molecule has 4 heteroatoms. The number of methoxy groups -OCH3 is 1. The van der Waals surface area contributed by atoms with Crippen LogP contribution in [0.15, 0.2) is 0 Å². The number of rotatable bonds is 6. The molecule has 1 aliphatic carbocycles. The number of thioether (sulfide) groups is 1. The maximum Gasteiger partial charge on any atom is 0.309 e. The van der Waals surface area contributed by atoms with E-state index < -0.39 is 0 Å². The number of hydrogen-bond donors (Lipinski definition) is 1. The second-order valence-electron chi connectivity index (χ2n) is 3.94. The van der Waals surface area contributed by atoms with Gasteiger partial charge in [0, 0.05) is 17.8 Å². The number of carbonyl (C=O) groups is 1. The first-order valence-electron chi connectivity index (χ1n) is 4.97. The van der Waals surface area contributed by atoms with Gasteiger partial charge in [-0.15, -0.1) is 0 Å². The highest BCUT2D eigenvalue weighted by Gasteiger charge is 2.41. The van der Waals surface area contributed by atoms with Gasteiger partial charge in [0.05, 0.1) is 13.0 Å². The van der Waals surface area contributed by atoms with E-state index in [0.717, 1.165) is 13.1 Å². The van der Waals surface area contributed by atoms with Crippen molar-refractivity contribution in [3.05, 3.63) is 0 Å². The monoisotopic (exact) mass is 217 g/mol. The Kier molecular flexibility index (Phi) is 4.26. The topological polar surface area (TPSA) is 38.3 Å². The fourth-order valence-corrected chi connectivity index (χ4v) is 2.15. The van der Waals surface area contributed by atoms with E-state index >= 15 is 0 Å². The molecule has 3 nitrogen and oxygen atoms in total. The Labute approximate surface area is 90.0 Å². The Bertz CT molecular complexity index is 204. The molecule has 0 heterocycles. The molecule has 1 unspecified atom stereocenters. The van der Waals surface area contributed by atoms with E-state index in [0.29, 0.717) is 4.75 Å². The summed E-state index contributed by atoms with van der Waals surface area (Å²) >= 11 is 1.93. The molecule has 14 heavy (non-hydrogen) atoms. The van der Waals surface area contributed by atoms with Crippen molar-refractivity contribution in [2.75, 3.05) is 26.5 Å². The molecule has 0 aromatic heterocycles. The zero-order valence-electron chi connectivity index (χ0n) is 9.13. The Hall–Kier alpha value is -0.220. The summed E-state index contributed by atoms with van der Waals surface area (Å²) in [7, 11) is 1.43. The Morgan fingerprint density at radius 3 is 2.71 bits per heavy atom. The van der Waals surface area contributed by atoms with E-state index in [2.05, 4.69) is 16.3 Å². The minimum absolute atomic E-state index is 0.0438. The van der Waals surface area contributed by atoms with Crippen molar-refractivity contribution in [2.24, 2.45) is 5.92 Å². The van der Waals surface area contributed by atoms with Gasteiger partial charge in [-0.3, -0.25) is 4.79 Å². The van der Waals surface area contributed by atoms with Crippen molar-refractivity contribution in [3.63, 3.8) is 0 Å². The third kappa shape index (κ3) is 3.17. The molecule has 0 bridgehead atoms. The molecule has 0 radical (unpaired) electrons. The second kappa shape index (κ2) is 5.03. The van der Waals surface area contributed by atoms with Crippen molar-refractivity contribution in [1.82, 2.24) is 5.32 Å². The fourth-order valence-electron chi connectivity index (χ4n) is 1.39. The molecule has 1 atom stereocenters. The van der Waals surface area contributed by atoms with E-state index in [-0.39, 0.29) is 11.9 Å². The average molecular weight is 217 g/mol. The van der Waals surface area contributed by atoms with Crippen LogP contribution in [0.3, 0.4) is 0 Å². The zero-order chi connectivity index (χ0) is 10.6. The third-order valence-corrected chi connectivity index (χ3v) is 4.16. The summed E-state index contributed by atoms with van der Waals surface area (Å²) in [4.78, 5) is 11.1. The van der Waals surface area contributed by atoms with Gasteiger partial charge in [0.1, 0.15) is 0 Å². The van der Waals surface area contributed by atoms with Crippen molar-refractivity contribution in [1.29, 1.82) is 0 Å². The molecule has 1 N–H and O–H groups in total. The number of carbonyl (C=O) groups excluding carboxylic acids is 1. The van der Waals surface area contributed by atoms with Crippen LogP contribution in [0.2, 0.25) is 0 Å². The Morgan fingerprint density at radius 2 is 2.29 bits per heavy atom. The van der Waals surface area contributed by atoms with Crippen LogP contribution < -0.4 is 5.32 Å². The highest BCUT2D eigenvalue weighted by molar-refractivity contribution is 8.00. The highest BCUT2D eigenvalue weighted by Crippen LogP contribution is 2.46. The first-order chi connectivity index (χ1) is 6.63. The summed E-state index contributed by atoms with van der Waals surface area (Å²) in [5.74, 6) is -0.177. The van der Waals surface area contributed by atoms with Crippen molar-refractivity contribution in [3.8, 4) is 0 Å². The highest BCUT2D eigenvalue weighted by atomic mass is 32.2. The molecule has 1 aliphatic rings. The first-order valence-corrected chi connectivity index (χ1v) is 6.20. The third-order valence-electron chi connectivity index (χ3n) is 2.74. The van der Waals surface area contributed by atoms with Crippen LogP contribution in [0, 0.1) is 5.92 Å². The molecular formula is C10H19NO2S. The van der Waals surface area contributed by atoms with Gasteiger partial charge in [-0.25, -0.2) is 0 Å². The maximum absolute atomic E-state index is 11.1. The van der Waals surface area contributed by atoms with Gasteiger partial charge in [0.15, 0.2) is 0 Å². The van der Waals surface area contributed by atoms with Crippen LogP contribution in [0.1, 0.15) is 19.8 Å². The van der Waals surface area contributed by atoms with Crippen LogP contribution in [0.25, 0.3) is 0 Å². The lowest BCUT2D eigenvalue weighted by Crippen LogP contribution is -2.32. The number of esters is 1. The SMILES string of the molecule is COC(=O)C(C)CNCC1(SC)CC1. The van der Waals surface area contributed by atoms with Gasteiger partial charge in [-0.2, -0.15) is 11.8 Å². The molecule has 1 rings (SSSR count). The lowest BCUT2D eigenvalue weighted by molar-refractivity contribution is -0.144. The Balaban J connectivity index is 2.12. The zero-order valence-corrected chi connectivity index (χ0v) is 9.95. The summed E-state index contributed by atoms with van der Waals surface area (Å²) in [6, 6.07) is 0. The van der Waals surface area contributed by atoms with E-state index in [4.69, 9.17) is 0 Å². The van der Waals surface area contributed by atoms with Crippen molar-refractivity contribution >= 4 is 17.7 Å². The molecule has 1 saturated carbocycles. The average Bonchev–Trinajstić information content (AvgIpc) is 2.97. The Morgan fingerprint density at radius 1 is 1.64 bits per heavy atom. The van der Waals surface area contributed by atoms with E-state index in [1.807, 2.05) is 18.7 Å². The van der Waals surface area contributed by atoms with Crippen LogP contribution in [-0.2, 0) is 9.53 Å². The summed E-state index contributed by atoms with van der Waals surface area (Å²) in [6.07, 6.45) is 4.75. The maximum atomic E-state index is 11.1. The van der Waals surface area contributed by atoms with Crippen LogP contribution in [0.4, 0.5) is 0 Å². The molecule has 1 fully saturated rings. The lowest BCUT2D eigenvalue weighted by Gasteiger charge is -2.15. The summed E-state index contributed by atoms with van der Waals surface area (Å²) in [6.45, 7) is 3.61. The first kappa shape index (κ1) is 11.9.